The van der Waals surface area contributed by atoms with Gasteiger partial charge in [-0.1, -0.05) is 24.3 Å². The number of nitrogens with zero attached hydrogens (tertiary/aromatic N) is 3. The second-order valence-electron chi connectivity index (χ2n) is 8.13. The molecule has 39 heavy (non-hydrogen) atoms. The van der Waals surface area contributed by atoms with Crippen molar-refractivity contribution in [3.8, 4) is 5.75 Å². The summed E-state index contributed by atoms with van der Waals surface area (Å²) >= 11 is 11.6. The van der Waals surface area contributed by atoms with Crippen LogP contribution in [-0.2, 0) is 10.1 Å². The number of anilines is 5. The van der Waals surface area contributed by atoms with Crippen LogP contribution < -0.4 is 21.1 Å². The molecular weight excluding hydrogens is 571 g/mol. The highest BCUT2D eigenvalue weighted by atomic mass is 35.5. The fraction of sp³-hybridized carbons (Fsp3) is 0.0417. The molecule has 0 spiro atoms. The number of benzene rings is 3. The maximum atomic E-state index is 13.5. The van der Waals surface area contributed by atoms with E-state index in [1.165, 1.54) is 37.4 Å². The van der Waals surface area contributed by atoms with Gasteiger partial charge in [0.25, 0.3) is 10.1 Å². The van der Waals surface area contributed by atoms with Crippen molar-refractivity contribution in [2.75, 3.05) is 23.5 Å². The molecule has 1 aliphatic carbocycles. The molecule has 12 nitrogen and oxygen atoms in total. The van der Waals surface area contributed by atoms with Gasteiger partial charge in [-0.2, -0.15) is 23.4 Å². The average Bonchev–Trinajstić information content (AvgIpc) is 2.87. The number of nitrogens with two attached hydrogens (primary N) is 1. The molecule has 4 aromatic rings. The fourth-order valence-electron chi connectivity index (χ4n) is 4.15. The Bertz CT molecular complexity index is 1800. The van der Waals surface area contributed by atoms with Gasteiger partial charge in [-0.15, -0.1) is 0 Å². The van der Waals surface area contributed by atoms with Crippen molar-refractivity contribution >= 4 is 73.6 Å². The molecule has 0 saturated heterocycles. The third-order valence-electron chi connectivity index (χ3n) is 5.78. The highest BCUT2D eigenvalue weighted by Gasteiger charge is 2.35. The molecule has 1 heterocycles. The van der Waals surface area contributed by atoms with Gasteiger partial charge in [0.2, 0.25) is 16.5 Å². The molecule has 0 saturated carbocycles. The van der Waals surface area contributed by atoms with Gasteiger partial charge in [-0.05, 0) is 41.4 Å². The number of halogens is 2. The molecule has 3 aromatic carbocycles. The van der Waals surface area contributed by atoms with Gasteiger partial charge in [0, 0.05) is 22.9 Å². The van der Waals surface area contributed by atoms with E-state index in [4.69, 9.17) is 33.7 Å². The predicted molar refractivity (Wildman–Crippen MR) is 143 cm³/mol. The lowest BCUT2D eigenvalue weighted by Crippen LogP contribution is -2.24. The van der Waals surface area contributed by atoms with Gasteiger partial charge >= 0.3 is 0 Å². The van der Waals surface area contributed by atoms with Crippen LogP contribution in [0.3, 0.4) is 0 Å². The molecule has 0 aliphatic heterocycles. The third kappa shape index (κ3) is 4.83. The Morgan fingerprint density at radius 3 is 2.08 bits per heavy atom. The normalized spacial score (nSPS) is 12.5. The van der Waals surface area contributed by atoms with Crippen molar-refractivity contribution < 1.29 is 27.3 Å². The predicted octanol–water partition coefficient (Wildman–Crippen LogP) is 4.28. The molecule has 15 heteroatoms. The van der Waals surface area contributed by atoms with Crippen molar-refractivity contribution in [3.05, 3.63) is 81.4 Å². The molecule has 0 radical (unpaired) electrons. The summed E-state index contributed by atoms with van der Waals surface area (Å²) in [6, 6.07) is 11.5. The molecule has 0 fully saturated rings. The van der Waals surface area contributed by atoms with Crippen LogP contribution in [0.5, 0.6) is 5.75 Å². The zero-order valence-corrected chi connectivity index (χ0v) is 22.0. The van der Waals surface area contributed by atoms with E-state index in [2.05, 4.69) is 25.6 Å². The van der Waals surface area contributed by atoms with Gasteiger partial charge in [-0.25, -0.2) is 0 Å². The number of ketones is 2. The van der Waals surface area contributed by atoms with Crippen LogP contribution in [0.2, 0.25) is 10.6 Å². The first kappa shape index (κ1) is 26.3. The van der Waals surface area contributed by atoms with Crippen molar-refractivity contribution in [2.45, 2.75) is 4.90 Å². The number of fused-ring (bicyclic) bond motifs is 2. The summed E-state index contributed by atoms with van der Waals surface area (Å²) in [5.41, 5.74) is 6.86. The van der Waals surface area contributed by atoms with Gasteiger partial charge < -0.3 is 21.1 Å². The molecule has 1 aliphatic rings. The molecule has 198 valence electrons. The molecule has 5 N–H and O–H groups in total. The van der Waals surface area contributed by atoms with E-state index in [1.807, 2.05) is 0 Å². The number of ether oxygens (including phenoxy) is 1. The lowest BCUT2D eigenvalue weighted by Gasteiger charge is -2.24. The van der Waals surface area contributed by atoms with E-state index in [0.717, 1.165) is 6.07 Å². The van der Waals surface area contributed by atoms with Crippen molar-refractivity contribution in [2.24, 2.45) is 0 Å². The Morgan fingerprint density at radius 2 is 1.49 bits per heavy atom. The first-order valence-electron chi connectivity index (χ1n) is 10.9. The average molecular weight is 587 g/mol. The number of hydrogen-bond donors (Lipinski definition) is 4. The Labute approximate surface area is 230 Å². The summed E-state index contributed by atoms with van der Waals surface area (Å²) in [5, 5.41) is 5.13. The van der Waals surface area contributed by atoms with Gasteiger partial charge in [0.1, 0.15) is 10.6 Å². The monoisotopic (exact) mass is 586 g/mol. The van der Waals surface area contributed by atoms with E-state index in [9.17, 15) is 22.6 Å². The number of hydrogen-bond acceptors (Lipinski definition) is 11. The van der Waals surface area contributed by atoms with Crippen LogP contribution in [0.15, 0.2) is 53.4 Å². The Balaban J connectivity index is 1.64. The van der Waals surface area contributed by atoms with Crippen molar-refractivity contribution in [1.82, 2.24) is 15.0 Å². The number of carbonyl (C=O) groups excluding carboxylic acids is 2. The summed E-state index contributed by atoms with van der Waals surface area (Å²) < 4.78 is 39.2. The number of nitrogen functional groups attached to an aromatic ring is 1. The number of aromatic nitrogens is 3. The number of nitrogens with one attached hydrogen (secondary N) is 2. The zero-order valence-electron chi connectivity index (χ0n) is 19.7. The highest BCUT2D eigenvalue weighted by molar-refractivity contribution is 7.86. The second-order valence-corrected chi connectivity index (χ2v) is 10.2. The minimum atomic E-state index is -4.71. The smallest absolute Gasteiger partial charge is 0.296 e. The molecule has 0 amide bonds. The molecule has 0 atom stereocenters. The van der Waals surface area contributed by atoms with Crippen LogP contribution in [0.1, 0.15) is 31.8 Å². The minimum Gasteiger partial charge on any atom is -0.494 e. The first-order chi connectivity index (χ1) is 18.5. The zero-order chi connectivity index (χ0) is 28.1. The lowest BCUT2D eigenvalue weighted by atomic mass is 9.82. The van der Waals surface area contributed by atoms with E-state index in [-0.39, 0.29) is 67.3 Å². The second kappa shape index (κ2) is 9.78. The quantitative estimate of drug-likeness (QED) is 0.163. The highest BCUT2D eigenvalue weighted by Crippen LogP contribution is 2.42. The summed E-state index contributed by atoms with van der Waals surface area (Å²) in [5.74, 6) is -0.961. The van der Waals surface area contributed by atoms with Crippen LogP contribution in [-0.4, -0.2) is 46.6 Å². The van der Waals surface area contributed by atoms with Gasteiger partial charge in [0.05, 0.1) is 35.3 Å². The van der Waals surface area contributed by atoms with E-state index < -0.39 is 26.6 Å². The topological polar surface area (TPSA) is 186 Å². The van der Waals surface area contributed by atoms with Crippen LogP contribution in [0.4, 0.5) is 28.7 Å². The lowest BCUT2D eigenvalue weighted by molar-refractivity contribution is 0.0980. The third-order valence-corrected chi connectivity index (χ3v) is 7.03. The summed E-state index contributed by atoms with van der Waals surface area (Å²) in [6.45, 7) is 0. The number of rotatable bonds is 6. The van der Waals surface area contributed by atoms with Crippen LogP contribution in [0.25, 0.3) is 0 Å². The van der Waals surface area contributed by atoms with Crippen molar-refractivity contribution in [1.29, 1.82) is 0 Å². The van der Waals surface area contributed by atoms with Crippen LogP contribution in [0, 0.1) is 0 Å². The SMILES string of the molecule is COc1cc(Nc2ccc(S(=O)(=O)O)c(Nc3nc(Cl)nc(Cl)n3)c2)c2c(c1N)C(=O)c1ccccc1C2=O. The number of carbonyl (C=O) groups is 2. The molecule has 5 rings (SSSR count). The fourth-order valence-corrected chi connectivity index (χ4v) is 5.14. The maximum Gasteiger partial charge on any atom is 0.296 e. The Morgan fingerprint density at radius 1 is 0.872 bits per heavy atom. The maximum absolute atomic E-state index is 13.5. The molecule has 0 unspecified atom stereocenters. The molecule has 1 aromatic heterocycles. The Hall–Kier alpha value is -4.30. The number of methoxy groups -OCH3 is 1. The van der Waals surface area contributed by atoms with E-state index in [0.29, 0.717) is 0 Å². The van der Waals surface area contributed by atoms with E-state index >= 15 is 0 Å². The standard InChI is InChI=1S/C24H16Cl2N6O6S/c1-38-15-9-14(17-18(19(15)27)21(34)12-5-3-2-4-11(12)20(17)33)28-10-6-7-16(39(35,36)37)13(8-10)29-24-31-22(25)30-23(26)32-24/h2-9,28H,27H2,1H3,(H,35,36,37)(H,29,30,31,32). The summed E-state index contributed by atoms with van der Waals surface area (Å²) in [4.78, 5) is 37.6. The first-order valence-corrected chi connectivity index (χ1v) is 13.1. The van der Waals surface area contributed by atoms with Crippen molar-refractivity contribution in [3.63, 3.8) is 0 Å². The van der Waals surface area contributed by atoms with E-state index in [1.54, 1.807) is 12.1 Å². The summed E-state index contributed by atoms with van der Waals surface area (Å²) in [6.07, 6.45) is 0. The van der Waals surface area contributed by atoms with Gasteiger partial charge in [0.15, 0.2) is 11.6 Å². The largest absolute Gasteiger partial charge is 0.494 e. The summed E-state index contributed by atoms with van der Waals surface area (Å²) in [7, 11) is -3.35. The molecular formula is C24H16Cl2N6O6S. The van der Waals surface area contributed by atoms with Gasteiger partial charge in [-0.3, -0.25) is 14.1 Å². The molecule has 0 bridgehead atoms. The minimum absolute atomic E-state index is 0.00132. The Kier molecular flexibility index (Phi) is 6.60. The van der Waals surface area contributed by atoms with Crippen LogP contribution >= 0.6 is 23.2 Å².